The van der Waals surface area contributed by atoms with Crippen LogP contribution >= 0.6 is 0 Å². The average Bonchev–Trinajstić information content (AvgIpc) is 3.02. The van der Waals surface area contributed by atoms with E-state index in [2.05, 4.69) is 30.2 Å². The van der Waals surface area contributed by atoms with E-state index < -0.39 is 0 Å². The van der Waals surface area contributed by atoms with Crippen molar-refractivity contribution < 1.29 is 0 Å². The van der Waals surface area contributed by atoms with Crippen LogP contribution in [0.4, 0.5) is 0 Å². The lowest BCUT2D eigenvalue weighted by molar-refractivity contribution is 0.472. The van der Waals surface area contributed by atoms with Gasteiger partial charge in [-0.2, -0.15) is 0 Å². The van der Waals surface area contributed by atoms with E-state index in [-0.39, 0.29) is 6.04 Å². The van der Waals surface area contributed by atoms with Crippen molar-refractivity contribution in [1.29, 1.82) is 0 Å². The Balaban J connectivity index is 1.71. The summed E-state index contributed by atoms with van der Waals surface area (Å²) in [7, 11) is 0. The van der Waals surface area contributed by atoms with Crippen LogP contribution < -0.4 is 5.32 Å². The van der Waals surface area contributed by atoms with Gasteiger partial charge in [0.15, 0.2) is 5.65 Å². The Labute approximate surface area is 109 Å². The van der Waals surface area contributed by atoms with Crippen molar-refractivity contribution >= 4 is 11.2 Å². The third-order valence-corrected chi connectivity index (χ3v) is 3.56. The maximum absolute atomic E-state index is 4.59. The largest absolute Gasteiger partial charge is 0.347 e. The van der Waals surface area contributed by atoms with Crippen molar-refractivity contribution in [2.45, 2.75) is 25.9 Å². The molecular weight excluding hydrogens is 240 g/mol. The van der Waals surface area contributed by atoms with Gasteiger partial charge in [-0.05, 0) is 19.1 Å². The van der Waals surface area contributed by atoms with Crippen LogP contribution in [-0.4, -0.2) is 24.9 Å². The monoisotopic (exact) mass is 254 g/mol. The fourth-order valence-electron chi connectivity index (χ4n) is 2.53. The van der Waals surface area contributed by atoms with Crippen LogP contribution in [-0.2, 0) is 13.0 Å². The van der Waals surface area contributed by atoms with E-state index in [0.29, 0.717) is 0 Å². The zero-order valence-electron chi connectivity index (χ0n) is 10.6. The Morgan fingerprint density at radius 1 is 1.26 bits per heavy atom. The number of H-pyrrole nitrogens is 2. The van der Waals surface area contributed by atoms with Gasteiger partial charge in [-0.3, -0.25) is 0 Å². The number of aromatic amines is 2. The van der Waals surface area contributed by atoms with Crippen molar-refractivity contribution in [3.63, 3.8) is 0 Å². The number of fused-ring (bicyclic) bond motifs is 2. The minimum Gasteiger partial charge on any atom is -0.347 e. The van der Waals surface area contributed by atoms with Gasteiger partial charge in [0.05, 0.1) is 29.3 Å². The number of imidazole rings is 2. The number of aromatic nitrogens is 5. The first-order valence-corrected chi connectivity index (χ1v) is 6.37. The van der Waals surface area contributed by atoms with E-state index in [1.165, 1.54) is 5.69 Å². The summed E-state index contributed by atoms with van der Waals surface area (Å²) in [5.74, 6) is 0.932. The highest BCUT2D eigenvalue weighted by atomic mass is 15.1. The number of hydrogen-bond donors (Lipinski definition) is 3. The van der Waals surface area contributed by atoms with E-state index in [9.17, 15) is 0 Å². The predicted octanol–water partition coefficient (Wildman–Crippen LogP) is 1.38. The molecule has 6 heteroatoms. The molecule has 4 rings (SSSR count). The Morgan fingerprint density at radius 2 is 2.21 bits per heavy atom. The van der Waals surface area contributed by atoms with Gasteiger partial charge in [0.2, 0.25) is 0 Å². The zero-order valence-corrected chi connectivity index (χ0v) is 10.6. The molecule has 19 heavy (non-hydrogen) atoms. The molecule has 4 heterocycles. The third-order valence-electron chi connectivity index (χ3n) is 3.56. The quantitative estimate of drug-likeness (QED) is 0.612. The molecule has 0 aromatic carbocycles. The minimum atomic E-state index is 0.172. The fraction of sp³-hybridized carbons (Fsp3) is 0.308. The summed E-state index contributed by atoms with van der Waals surface area (Å²) in [5, 5.41) is 3.46. The Kier molecular flexibility index (Phi) is 2.19. The SMILES string of the molecule is Cc1ccc2[nH]c(C3Cc4nc[nH]c4CN3)nc2n1. The molecule has 1 unspecified atom stereocenters. The van der Waals surface area contributed by atoms with Gasteiger partial charge in [-0.15, -0.1) is 0 Å². The molecule has 0 saturated heterocycles. The first-order chi connectivity index (χ1) is 9.29. The van der Waals surface area contributed by atoms with Gasteiger partial charge in [0.1, 0.15) is 5.82 Å². The normalized spacial score (nSPS) is 18.7. The minimum absolute atomic E-state index is 0.172. The van der Waals surface area contributed by atoms with Gasteiger partial charge in [-0.25, -0.2) is 15.0 Å². The molecule has 0 radical (unpaired) electrons. The number of aryl methyl sites for hydroxylation is 1. The summed E-state index contributed by atoms with van der Waals surface area (Å²) in [6.45, 7) is 2.77. The highest BCUT2D eigenvalue weighted by Gasteiger charge is 2.23. The first kappa shape index (κ1) is 10.7. The molecule has 96 valence electrons. The van der Waals surface area contributed by atoms with Gasteiger partial charge in [0, 0.05) is 18.7 Å². The molecule has 0 amide bonds. The molecule has 0 bridgehead atoms. The van der Waals surface area contributed by atoms with Crippen LogP contribution in [0, 0.1) is 6.92 Å². The molecule has 3 N–H and O–H groups in total. The number of rotatable bonds is 1. The van der Waals surface area contributed by atoms with Gasteiger partial charge < -0.3 is 15.3 Å². The molecule has 0 fully saturated rings. The summed E-state index contributed by atoms with van der Waals surface area (Å²) < 4.78 is 0. The van der Waals surface area contributed by atoms with Gasteiger partial charge in [0.25, 0.3) is 0 Å². The zero-order chi connectivity index (χ0) is 12.8. The van der Waals surface area contributed by atoms with E-state index in [1.54, 1.807) is 6.33 Å². The third kappa shape index (κ3) is 1.72. The Hall–Kier alpha value is -2.21. The lowest BCUT2D eigenvalue weighted by Gasteiger charge is -2.20. The second-order valence-electron chi connectivity index (χ2n) is 4.91. The first-order valence-electron chi connectivity index (χ1n) is 6.37. The van der Waals surface area contributed by atoms with Crippen molar-refractivity contribution in [3.05, 3.63) is 41.4 Å². The summed E-state index contributed by atoms with van der Waals surface area (Å²) >= 11 is 0. The highest BCUT2D eigenvalue weighted by molar-refractivity contribution is 5.70. The fourth-order valence-corrected chi connectivity index (χ4v) is 2.53. The Bertz CT molecular complexity index is 741. The van der Waals surface area contributed by atoms with Crippen LogP contribution in [0.15, 0.2) is 18.5 Å². The van der Waals surface area contributed by atoms with E-state index in [4.69, 9.17) is 0 Å². The molecule has 1 aliphatic rings. The summed E-state index contributed by atoms with van der Waals surface area (Å²) in [6.07, 6.45) is 2.59. The molecule has 1 atom stereocenters. The molecule has 0 saturated carbocycles. The molecule has 0 aliphatic carbocycles. The topological polar surface area (TPSA) is 82.3 Å². The lowest BCUT2D eigenvalue weighted by Crippen LogP contribution is -2.29. The van der Waals surface area contributed by atoms with Crippen LogP contribution in [0.1, 0.15) is 28.9 Å². The second kappa shape index (κ2) is 3.89. The number of hydrogen-bond acceptors (Lipinski definition) is 4. The Morgan fingerprint density at radius 3 is 3.16 bits per heavy atom. The summed E-state index contributed by atoms with van der Waals surface area (Å²) in [4.78, 5) is 19.9. The van der Waals surface area contributed by atoms with E-state index >= 15 is 0 Å². The smallest absolute Gasteiger partial charge is 0.178 e. The predicted molar refractivity (Wildman–Crippen MR) is 70.5 cm³/mol. The molecular formula is C13H14N6. The molecule has 3 aromatic rings. The van der Waals surface area contributed by atoms with Gasteiger partial charge >= 0.3 is 0 Å². The van der Waals surface area contributed by atoms with Crippen molar-refractivity contribution in [1.82, 2.24) is 30.2 Å². The lowest BCUT2D eigenvalue weighted by atomic mass is 10.1. The summed E-state index contributed by atoms with van der Waals surface area (Å²) in [6, 6.07) is 4.19. The van der Waals surface area contributed by atoms with E-state index in [0.717, 1.165) is 41.3 Å². The van der Waals surface area contributed by atoms with Crippen molar-refractivity contribution in [2.75, 3.05) is 0 Å². The number of nitrogens with one attached hydrogen (secondary N) is 3. The van der Waals surface area contributed by atoms with Crippen molar-refractivity contribution in [2.24, 2.45) is 0 Å². The van der Waals surface area contributed by atoms with Crippen LogP contribution in [0.2, 0.25) is 0 Å². The molecule has 0 spiro atoms. The standard InChI is InChI=1S/C13H14N6/c1-7-2-3-8-12(17-7)19-13(18-8)10-4-9-11(5-14-10)16-6-15-9/h2-3,6,10,14H,4-5H2,1H3,(H,15,16)(H,17,18,19). The second-order valence-corrected chi connectivity index (χ2v) is 4.91. The maximum atomic E-state index is 4.59. The molecule has 3 aromatic heterocycles. The highest BCUT2D eigenvalue weighted by Crippen LogP contribution is 2.23. The van der Waals surface area contributed by atoms with Crippen LogP contribution in [0.5, 0.6) is 0 Å². The molecule has 6 nitrogen and oxygen atoms in total. The van der Waals surface area contributed by atoms with Crippen LogP contribution in [0.25, 0.3) is 11.2 Å². The number of nitrogens with zero attached hydrogens (tertiary/aromatic N) is 3. The maximum Gasteiger partial charge on any atom is 0.178 e. The summed E-state index contributed by atoms with van der Waals surface area (Å²) in [5.41, 5.74) is 5.03. The average molecular weight is 254 g/mol. The van der Waals surface area contributed by atoms with Gasteiger partial charge in [-0.1, -0.05) is 0 Å². The number of pyridine rings is 1. The molecule has 1 aliphatic heterocycles. The van der Waals surface area contributed by atoms with Crippen LogP contribution in [0.3, 0.4) is 0 Å². The van der Waals surface area contributed by atoms with E-state index in [1.807, 2.05) is 19.1 Å². The van der Waals surface area contributed by atoms with Crippen molar-refractivity contribution in [3.8, 4) is 0 Å².